The SMILES string of the molecule is O=C(Nc1ccc(S(=O)(=O)Nc2ccccc2Cl)cc1)c1cc(S(=O)(=O)N2CCCCCC2)ccc1Cl. The summed E-state index contributed by atoms with van der Waals surface area (Å²) in [5.74, 6) is -0.622. The second kappa shape index (κ2) is 11.4. The van der Waals surface area contributed by atoms with Gasteiger partial charge >= 0.3 is 0 Å². The summed E-state index contributed by atoms with van der Waals surface area (Å²) in [6.45, 7) is 0.875. The van der Waals surface area contributed by atoms with Crippen LogP contribution in [-0.4, -0.2) is 40.1 Å². The van der Waals surface area contributed by atoms with E-state index in [1.165, 1.54) is 46.8 Å². The summed E-state index contributed by atoms with van der Waals surface area (Å²) in [6, 6.07) is 16.0. The van der Waals surface area contributed by atoms with E-state index in [1.807, 2.05) is 0 Å². The van der Waals surface area contributed by atoms with Crippen LogP contribution in [0.2, 0.25) is 10.0 Å². The maximum atomic E-state index is 13.1. The zero-order valence-corrected chi connectivity index (χ0v) is 22.8. The van der Waals surface area contributed by atoms with E-state index in [4.69, 9.17) is 23.2 Å². The van der Waals surface area contributed by atoms with Crippen molar-refractivity contribution >= 4 is 60.5 Å². The minimum Gasteiger partial charge on any atom is -0.322 e. The maximum Gasteiger partial charge on any atom is 0.261 e. The molecular weight excluding hydrogens is 557 g/mol. The number of rotatable bonds is 7. The molecule has 0 bridgehead atoms. The molecule has 3 aromatic rings. The molecule has 8 nitrogen and oxygen atoms in total. The van der Waals surface area contributed by atoms with Gasteiger partial charge in [0, 0.05) is 18.8 Å². The van der Waals surface area contributed by atoms with Gasteiger partial charge in [0.25, 0.3) is 15.9 Å². The second-order valence-electron chi connectivity index (χ2n) is 8.52. The summed E-state index contributed by atoms with van der Waals surface area (Å²) < 4.78 is 55.6. The Morgan fingerprint density at radius 2 is 1.38 bits per heavy atom. The van der Waals surface area contributed by atoms with Crippen molar-refractivity contribution in [1.82, 2.24) is 4.31 Å². The molecule has 0 radical (unpaired) electrons. The van der Waals surface area contributed by atoms with Gasteiger partial charge < -0.3 is 5.32 Å². The van der Waals surface area contributed by atoms with Crippen molar-refractivity contribution in [3.05, 3.63) is 82.3 Å². The zero-order chi connectivity index (χ0) is 26.6. The summed E-state index contributed by atoms with van der Waals surface area (Å²) in [4.78, 5) is 12.9. The fourth-order valence-corrected chi connectivity index (χ4v) is 7.00. The highest BCUT2D eigenvalue weighted by Crippen LogP contribution is 2.27. The van der Waals surface area contributed by atoms with Gasteiger partial charge in [0.05, 0.1) is 31.1 Å². The van der Waals surface area contributed by atoms with Crippen LogP contribution in [0.25, 0.3) is 0 Å². The highest BCUT2D eigenvalue weighted by atomic mass is 35.5. The van der Waals surface area contributed by atoms with E-state index in [2.05, 4.69) is 10.0 Å². The molecule has 1 saturated heterocycles. The molecule has 0 atom stereocenters. The second-order valence-corrected chi connectivity index (χ2v) is 13.0. The average Bonchev–Trinajstić information content (AvgIpc) is 3.16. The third-order valence-corrected chi connectivity index (χ3v) is 9.86. The van der Waals surface area contributed by atoms with E-state index in [-0.39, 0.29) is 31.1 Å². The average molecular weight is 583 g/mol. The topological polar surface area (TPSA) is 113 Å². The van der Waals surface area contributed by atoms with Crippen LogP contribution in [0.1, 0.15) is 36.0 Å². The Kier molecular flexibility index (Phi) is 8.45. The van der Waals surface area contributed by atoms with Crippen LogP contribution >= 0.6 is 23.2 Å². The smallest absolute Gasteiger partial charge is 0.261 e. The van der Waals surface area contributed by atoms with E-state index in [0.29, 0.717) is 18.8 Å². The van der Waals surface area contributed by atoms with E-state index in [0.717, 1.165) is 25.7 Å². The van der Waals surface area contributed by atoms with Gasteiger partial charge in [-0.05, 0) is 67.4 Å². The number of hydrogen-bond donors (Lipinski definition) is 2. The number of hydrogen-bond acceptors (Lipinski definition) is 5. The van der Waals surface area contributed by atoms with Crippen LogP contribution in [-0.2, 0) is 20.0 Å². The van der Waals surface area contributed by atoms with Crippen molar-refractivity contribution in [2.24, 2.45) is 0 Å². The molecule has 1 heterocycles. The molecule has 1 amide bonds. The van der Waals surface area contributed by atoms with Crippen LogP contribution in [0.4, 0.5) is 11.4 Å². The summed E-state index contributed by atoms with van der Waals surface area (Å²) in [5, 5.41) is 2.99. The van der Waals surface area contributed by atoms with Crippen molar-refractivity contribution in [3.63, 3.8) is 0 Å². The van der Waals surface area contributed by atoms with Gasteiger partial charge in [-0.1, -0.05) is 48.2 Å². The molecule has 12 heteroatoms. The number of anilines is 2. The number of sulfonamides is 2. The Morgan fingerprint density at radius 3 is 2.03 bits per heavy atom. The third-order valence-electron chi connectivity index (χ3n) is 5.93. The van der Waals surface area contributed by atoms with E-state index in [9.17, 15) is 21.6 Å². The molecule has 2 N–H and O–H groups in total. The molecule has 4 rings (SSSR count). The first-order valence-corrected chi connectivity index (χ1v) is 15.2. The number of carbonyl (C=O) groups is 1. The number of halogens is 2. The minimum atomic E-state index is -3.91. The van der Waals surface area contributed by atoms with Gasteiger partial charge in [-0.25, -0.2) is 16.8 Å². The fourth-order valence-electron chi connectivity index (χ4n) is 3.93. The molecule has 0 saturated carbocycles. The number of nitrogens with zero attached hydrogens (tertiary/aromatic N) is 1. The molecule has 1 aliphatic heterocycles. The van der Waals surface area contributed by atoms with E-state index >= 15 is 0 Å². The molecule has 0 unspecified atom stereocenters. The van der Waals surface area contributed by atoms with Gasteiger partial charge in [-0.2, -0.15) is 4.31 Å². The summed E-state index contributed by atoms with van der Waals surface area (Å²) in [6.07, 6.45) is 3.55. The Balaban J connectivity index is 1.51. The molecule has 37 heavy (non-hydrogen) atoms. The number of nitrogens with one attached hydrogen (secondary N) is 2. The molecule has 3 aromatic carbocycles. The summed E-state index contributed by atoms with van der Waals surface area (Å²) in [7, 11) is -7.69. The monoisotopic (exact) mass is 581 g/mol. The first-order chi connectivity index (χ1) is 17.6. The number of carbonyl (C=O) groups excluding carboxylic acids is 1. The first kappa shape index (κ1) is 27.4. The molecule has 0 spiro atoms. The van der Waals surface area contributed by atoms with Crippen molar-refractivity contribution in [2.45, 2.75) is 35.5 Å². The lowest BCUT2D eigenvalue weighted by atomic mass is 10.2. The minimum absolute atomic E-state index is 0.00367. The van der Waals surface area contributed by atoms with Gasteiger partial charge in [0.15, 0.2) is 0 Å². The highest BCUT2D eigenvalue weighted by Gasteiger charge is 2.27. The lowest BCUT2D eigenvalue weighted by molar-refractivity contribution is 0.102. The normalized spacial score (nSPS) is 15.1. The molecule has 1 aliphatic rings. The number of amides is 1. The molecule has 0 aromatic heterocycles. The quantitative estimate of drug-likeness (QED) is 0.376. The van der Waals surface area contributed by atoms with Gasteiger partial charge in [0.1, 0.15) is 0 Å². The first-order valence-electron chi connectivity index (χ1n) is 11.6. The van der Waals surface area contributed by atoms with E-state index < -0.39 is 26.0 Å². The largest absolute Gasteiger partial charge is 0.322 e. The third kappa shape index (κ3) is 6.45. The van der Waals surface area contributed by atoms with E-state index in [1.54, 1.807) is 24.3 Å². The molecule has 196 valence electrons. The predicted molar refractivity (Wildman–Crippen MR) is 145 cm³/mol. The number of para-hydroxylation sites is 1. The van der Waals surface area contributed by atoms with Crippen LogP contribution in [0.5, 0.6) is 0 Å². The maximum absolute atomic E-state index is 13.1. The van der Waals surface area contributed by atoms with Gasteiger partial charge in [-0.15, -0.1) is 0 Å². The van der Waals surface area contributed by atoms with Crippen molar-refractivity contribution < 1.29 is 21.6 Å². The summed E-state index contributed by atoms with van der Waals surface area (Å²) >= 11 is 12.3. The molecular formula is C25H25Cl2N3O5S2. The lowest BCUT2D eigenvalue weighted by Gasteiger charge is -2.20. The van der Waals surface area contributed by atoms with Crippen LogP contribution < -0.4 is 10.0 Å². The fraction of sp³-hybridized carbons (Fsp3) is 0.240. The van der Waals surface area contributed by atoms with Crippen LogP contribution in [0.3, 0.4) is 0 Å². The Bertz CT molecular complexity index is 1500. The predicted octanol–water partition coefficient (Wildman–Crippen LogP) is 5.61. The summed E-state index contributed by atoms with van der Waals surface area (Å²) in [5.41, 5.74) is 0.541. The van der Waals surface area contributed by atoms with Crippen molar-refractivity contribution in [2.75, 3.05) is 23.1 Å². The Labute approximate surface area is 226 Å². The zero-order valence-electron chi connectivity index (χ0n) is 19.7. The Morgan fingerprint density at radius 1 is 0.757 bits per heavy atom. The molecule has 0 aliphatic carbocycles. The van der Waals surface area contributed by atoms with Crippen molar-refractivity contribution in [1.29, 1.82) is 0 Å². The Hall–Kier alpha value is -2.63. The van der Waals surface area contributed by atoms with Crippen molar-refractivity contribution in [3.8, 4) is 0 Å². The van der Waals surface area contributed by atoms with Crippen LogP contribution in [0.15, 0.2) is 76.5 Å². The number of benzene rings is 3. The van der Waals surface area contributed by atoms with Crippen LogP contribution in [0, 0.1) is 0 Å². The van der Waals surface area contributed by atoms with Gasteiger partial charge in [0.2, 0.25) is 10.0 Å². The lowest BCUT2D eigenvalue weighted by Crippen LogP contribution is -2.32. The highest BCUT2D eigenvalue weighted by molar-refractivity contribution is 7.92. The molecule has 1 fully saturated rings. The van der Waals surface area contributed by atoms with Gasteiger partial charge in [-0.3, -0.25) is 9.52 Å². The standard InChI is InChI=1S/C25H25Cl2N3O5S2/c26-22-14-13-20(37(34,35)30-15-5-1-2-6-16-30)17-21(22)25(31)28-18-9-11-19(12-10-18)36(32,33)29-24-8-4-3-7-23(24)27/h3-4,7-14,17,29H,1-2,5-6,15-16H2,(H,28,31).